The van der Waals surface area contributed by atoms with Gasteiger partial charge in [0.2, 0.25) is 0 Å². The van der Waals surface area contributed by atoms with E-state index in [1.807, 2.05) is 18.2 Å². The van der Waals surface area contributed by atoms with Gasteiger partial charge in [-0.3, -0.25) is 0 Å². The van der Waals surface area contributed by atoms with Gasteiger partial charge in [0.05, 0.1) is 16.8 Å². The Morgan fingerprint density at radius 3 is 2.67 bits per heavy atom. The van der Waals surface area contributed by atoms with Crippen molar-refractivity contribution in [3.8, 4) is 5.75 Å². The van der Waals surface area contributed by atoms with Crippen molar-refractivity contribution in [1.29, 1.82) is 0 Å². The van der Waals surface area contributed by atoms with Crippen molar-refractivity contribution in [2.45, 2.75) is 24.6 Å². The van der Waals surface area contributed by atoms with E-state index < -0.39 is 0 Å². The topological polar surface area (TPSA) is 27.7 Å². The summed E-state index contributed by atoms with van der Waals surface area (Å²) >= 11 is 12.6. The van der Waals surface area contributed by atoms with E-state index in [0.29, 0.717) is 10.0 Å². The Bertz CT molecular complexity index is 921. The molecule has 140 valence electrons. The third-order valence-corrected chi connectivity index (χ3v) is 6.36. The normalized spacial score (nSPS) is 24.0. The van der Waals surface area contributed by atoms with Crippen molar-refractivity contribution in [3.63, 3.8) is 0 Å². The second-order valence-corrected chi connectivity index (χ2v) is 8.36. The molecule has 0 amide bonds. The van der Waals surface area contributed by atoms with E-state index >= 15 is 0 Å². The molecule has 2 aromatic carbocycles. The summed E-state index contributed by atoms with van der Waals surface area (Å²) in [6.07, 6.45) is 4.13. The molecule has 0 unspecified atom stereocenters. The van der Waals surface area contributed by atoms with Crippen LogP contribution < -0.4 is 10.2 Å². The zero-order valence-electron chi connectivity index (χ0n) is 15.1. The van der Waals surface area contributed by atoms with Crippen molar-refractivity contribution in [3.05, 3.63) is 69.7 Å². The van der Waals surface area contributed by atoms with Crippen molar-refractivity contribution in [2.75, 3.05) is 20.1 Å². The van der Waals surface area contributed by atoms with E-state index in [-0.39, 0.29) is 11.8 Å². The van der Waals surface area contributed by atoms with Crippen LogP contribution >= 0.6 is 23.2 Å². The summed E-state index contributed by atoms with van der Waals surface area (Å²) in [7, 11) is 2.16. The lowest BCUT2D eigenvalue weighted by atomic mass is 9.93. The van der Waals surface area contributed by atoms with Crippen LogP contribution in [-0.2, 0) is 0 Å². The van der Waals surface area contributed by atoms with E-state index in [0.717, 1.165) is 42.9 Å². The minimum absolute atomic E-state index is 0.111. The van der Waals surface area contributed by atoms with Crippen molar-refractivity contribution in [1.82, 2.24) is 15.3 Å². The van der Waals surface area contributed by atoms with E-state index in [2.05, 4.69) is 46.7 Å². The number of halogens is 2. The lowest BCUT2D eigenvalue weighted by Crippen LogP contribution is -2.63. The number of nitrogens with zero attached hydrogens (tertiary/aromatic N) is 2. The van der Waals surface area contributed by atoms with E-state index in [1.54, 1.807) is 6.07 Å². The standard InChI is InChI=1S/C21H21Cl2N3O/c1-25-10-8-21(9-11-25)26-19(16-4-2-3-5-20(16)27-21)13-18(24-26)15-7-6-14(22)12-17(15)23/h2-7,12-13,19,24H,8-11H2,1H3/t19-/m0/s1. The van der Waals surface area contributed by atoms with Crippen LogP contribution in [0, 0.1) is 0 Å². The van der Waals surface area contributed by atoms with E-state index in [1.165, 1.54) is 5.56 Å². The maximum absolute atomic E-state index is 6.61. The van der Waals surface area contributed by atoms with Gasteiger partial charge in [-0.2, -0.15) is 5.01 Å². The van der Waals surface area contributed by atoms with Gasteiger partial charge >= 0.3 is 0 Å². The molecule has 0 aromatic heterocycles. The smallest absolute Gasteiger partial charge is 0.182 e. The number of benzene rings is 2. The molecule has 0 aliphatic carbocycles. The first-order valence-electron chi connectivity index (χ1n) is 9.25. The zero-order valence-corrected chi connectivity index (χ0v) is 16.6. The van der Waals surface area contributed by atoms with Crippen LogP contribution in [0.25, 0.3) is 5.70 Å². The molecule has 3 aliphatic rings. The Balaban J connectivity index is 1.58. The maximum Gasteiger partial charge on any atom is 0.182 e. The molecule has 0 bridgehead atoms. The number of ether oxygens (including phenoxy) is 1. The molecule has 27 heavy (non-hydrogen) atoms. The van der Waals surface area contributed by atoms with E-state index in [4.69, 9.17) is 27.9 Å². The Hall–Kier alpha value is -1.72. The van der Waals surface area contributed by atoms with Gasteiger partial charge in [-0.15, -0.1) is 0 Å². The van der Waals surface area contributed by atoms with Gasteiger partial charge in [-0.25, -0.2) is 0 Å². The highest BCUT2D eigenvalue weighted by molar-refractivity contribution is 6.35. The maximum atomic E-state index is 6.61. The van der Waals surface area contributed by atoms with Crippen LogP contribution in [0.15, 0.2) is 48.5 Å². The third-order valence-electron chi connectivity index (χ3n) is 5.81. The average Bonchev–Trinajstić information content (AvgIpc) is 3.11. The molecule has 0 radical (unpaired) electrons. The zero-order chi connectivity index (χ0) is 18.6. The first-order valence-corrected chi connectivity index (χ1v) is 10.0. The lowest BCUT2D eigenvalue weighted by molar-refractivity contribution is -0.157. The summed E-state index contributed by atoms with van der Waals surface area (Å²) in [6, 6.07) is 14.1. The number of likely N-dealkylation sites (tertiary alicyclic amines) is 1. The minimum atomic E-state index is -0.358. The quantitative estimate of drug-likeness (QED) is 0.748. The monoisotopic (exact) mass is 401 g/mol. The fourth-order valence-electron chi connectivity index (χ4n) is 4.29. The molecule has 3 heterocycles. The highest BCUT2D eigenvalue weighted by Gasteiger charge is 2.51. The predicted octanol–water partition coefficient (Wildman–Crippen LogP) is 4.71. The van der Waals surface area contributed by atoms with Crippen LogP contribution in [0.4, 0.5) is 0 Å². The third kappa shape index (κ3) is 2.83. The molecule has 2 aromatic rings. The highest BCUT2D eigenvalue weighted by atomic mass is 35.5. The van der Waals surface area contributed by atoms with Gasteiger partial charge in [0.15, 0.2) is 5.72 Å². The molecule has 1 spiro atoms. The lowest BCUT2D eigenvalue weighted by Gasteiger charge is -2.51. The fraction of sp³-hybridized carbons (Fsp3) is 0.333. The van der Waals surface area contributed by atoms with Gasteiger partial charge in [-0.05, 0) is 37.4 Å². The SMILES string of the molecule is CN1CCC2(CC1)Oc1ccccc1[C@@H]1C=C(c3ccc(Cl)cc3Cl)NN12. The number of hydrogen-bond donors (Lipinski definition) is 1. The number of piperidine rings is 1. The van der Waals surface area contributed by atoms with Gasteiger partial charge in [-0.1, -0.05) is 41.4 Å². The van der Waals surface area contributed by atoms with Crippen LogP contribution in [0.1, 0.15) is 30.0 Å². The molecular formula is C21H21Cl2N3O. The summed E-state index contributed by atoms with van der Waals surface area (Å²) in [5.41, 5.74) is 6.38. The second-order valence-electron chi connectivity index (χ2n) is 7.52. The van der Waals surface area contributed by atoms with Crippen LogP contribution in [0.3, 0.4) is 0 Å². The number of nitrogens with one attached hydrogen (secondary N) is 1. The number of rotatable bonds is 1. The molecule has 4 nitrogen and oxygen atoms in total. The average molecular weight is 402 g/mol. The van der Waals surface area contributed by atoms with Crippen molar-refractivity contribution >= 4 is 28.9 Å². The molecule has 1 saturated heterocycles. The fourth-order valence-corrected chi connectivity index (χ4v) is 4.80. The summed E-state index contributed by atoms with van der Waals surface area (Å²) in [5, 5.41) is 3.57. The number of fused-ring (bicyclic) bond motifs is 4. The predicted molar refractivity (Wildman–Crippen MR) is 109 cm³/mol. The Labute approximate surface area is 169 Å². The molecular weight excluding hydrogens is 381 g/mol. The summed E-state index contributed by atoms with van der Waals surface area (Å²) in [5.74, 6) is 0.977. The molecule has 6 heteroatoms. The Morgan fingerprint density at radius 1 is 1.11 bits per heavy atom. The Morgan fingerprint density at radius 2 is 1.89 bits per heavy atom. The summed E-state index contributed by atoms with van der Waals surface area (Å²) in [4.78, 5) is 2.35. The molecule has 5 rings (SSSR count). The summed E-state index contributed by atoms with van der Waals surface area (Å²) < 4.78 is 6.61. The van der Waals surface area contributed by atoms with Gasteiger partial charge in [0.25, 0.3) is 0 Å². The summed E-state index contributed by atoms with van der Waals surface area (Å²) in [6.45, 7) is 2.01. The van der Waals surface area contributed by atoms with Gasteiger partial charge in [0, 0.05) is 42.1 Å². The van der Waals surface area contributed by atoms with Gasteiger partial charge < -0.3 is 15.1 Å². The Kier molecular flexibility index (Phi) is 4.13. The number of hydrazine groups is 1. The number of para-hydroxylation sites is 1. The molecule has 3 aliphatic heterocycles. The second kappa shape index (κ2) is 6.42. The van der Waals surface area contributed by atoms with Crippen LogP contribution in [0.2, 0.25) is 10.0 Å². The van der Waals surface area contributed by atoms with Crippen LogP contribution in [0.5, 0.6) is 5.75 Å². The number of hydrogen-bond acceptors (Lipinski definition) is 4. The first-order chi connectivity index (χ1) is 13.1. The van der Waals surface area contributed by atoms with Crippen LogP contribution in [-0.4, -0.2) is 35.8 Å². The molecule has 1 atom stereocenters. The molecule has 0 saturated carbocycles. The molecule has 1 fully saturated rings. The molecule has 1 N–H and O–H groups in total. The highest BCUT2D eigenvalue weighted by Crippen LogP contribution is 2.48. The minimum Gasteiger partial charge on any atom is -0.470 e. The largest absolute Gasteiger partial charge is 0.470 e. The van der Waals surface area contributed by atoms with Crippen molar-refractivity contribution in [2.24, 2.45) is 0 Å². The van der Waals surface area contributed by atoms with Gasteiger partial charge in [0.1, 0.15) is 5.75 Å². The first kappa shape index (κ1) is 17.4. The van der Waals surface area contributed by atoms with Crippen molar-refractivity contribution < 1.29 is 4.74 Å². The van der Waals surface area contributed by atoms with E-state index in [9.17, 15) is 0 Å².